The van der Waals surface area contributed by atoms with Gasteiger partial charge >= 0.3 is 0 Å². The molecule has 0 fully saturated rings. The molecule has 15 nitrogen and oxygen atoms in total. The molecule has 0 aliphatic carbocycles. The molecule has 9 aromatic carbocycles. The largest absolute Gasteiger partial charge is 0.485 e. The lowest BCUT2D eigenvalue weighted by Crippen LogP contribution is -2.05. The number of carbonyl (C=O) groups excluding carboxylic acids is 3. The van der Waals surface area contributed by atoms with Crippen molar-refractivity contribution >= 4 is 30.2 Å². The van der Waals surface area contributed by atoms with E-state index in [9.17, 15) is 34.6 Å². The number of aldehydes is 3. The summed E-state index contributed by atoms with van der Waals surface area (Å²) < 4.78 is 34.8. The molecule has 0 amide bonds. The molecule has 0 radical (unpaired) electrons. The van der Waals surface area contributed by atoms with Crippen LogP contribution in [0.15, 0.2) is 224 Å². The number of nitro benzene ring substituents is 2. The van der Waals surface area contributed by atoms with E-state index in [0.29, 0.717) is 42.8 Å². The smallest absolute Gasteiger partial charge is 0.283 e. The van der Waals surface area contributed by atoms with E-state index in [2.05, 4.69) is 0 Å². The minimum absolute atomic E-state index is 0.0685. The van der Waals surface area contributed by atoms with Crippen LogP contribution in [0.1, 0.15) is 64.5 Å². The maximum Gasteiger partial charge on any atom is 0.283 e. The maximum absolute atomic E-state index is 11.6. The number of rotatable bonds is 23. The van der Waals surface area contributed by atoms with Crippen molar-refractivity contribution in [1.29, 1.82) is 0 Å². The van der Waals surface area contributed by atoms with E-state index >= 15 is 0 Å². The van der Waals surface area contributed by atoms with Crippen LogP contribution in [0.5, 0.6) is 34.5 Å². The third-order valence-corrected chi connectivity index (χ3v) is 11.4. The Balaban J connectivity index is 0.000000170. The van der Waals surface area contributed by atoms with Gasteiger partial charge in [-0.1, -0.05) is 188 Å². The third kappa shape index (κ3) is 16.5. The van der Waals surface area contributed by atoms with Crippen molar-refractivity contribution < 1.29 is 52.7 Å². The predicted octanol–water partition coefficient (Wildman–Crippen LogP) is 13.8. The topological polar surface area (TPSA) is 193 Å². The number of non-ortho nitro benzene ring substituents is 1. The van der Waals surface area contributed by atoms with Crippen molar-refractivity contribution in [3.8, 4) is 34.5 Å². The van der Waals surface area contributed by atoms with Crippen molar-refractivity contribution in [2.24, 2.45) is 0 Å². The SMILES string of the molecule is O=Cc1c([N+](=O)[O-])ccc(OCc2ccccc2)c1OCc1ccccc1.O=Cc1cc([N+](=O)[O-])cc(OCc2ccccc2)c1OCc1ccccc1.O=Cc1cccc(OCc2ccccc2)c1OCc1ccccc1. The van der Waals surface area contributed by atoms with E-state index in [1.54, 1.807) is 12.1 Å². The summed E-state index contributed by atoms with van der Waals surface area (Å²) in [6, 6.07) is 67.8. The molecular formula is C63H52N2O13. The van der Waals surface area contributed by atoms with Crippen LogP contribution in [-0.4, -0.2) is 28.7 Å². The van der Waals surface area contributed by atoms with E-state index in [1.807, 2.05) is 188 Å². The molecule has 392 valence electrons. The fourth-order valence-electron chi connectivity index (χ4n) is 7.46. The van der Waals surface area contributed by atoms with Gasteiger partial charge in [0.05, 0.1) is 27.0 Å². The average molecular weight is 1050 g/mol. The number of hydrogen-bond acceptors (Lipinski definition) is 13. The Morgan fingerprint density at radius 1 is 0.321 bits per heavy atom. The van der Waals surface area contributed by atoms with E-state index < -0.39 is 9.85 Å². The number of para-hydroxylation sites is 1. The minimum atomic E-state index is -0.611. The van der Waals surface area contributed by atoms with Crippen LogP contribution in [-0.2, 0) is 39.6 Å². The van der Waals surface area contributed by atoms with Crippen molar-refractivity contribution in [2.45, 2.75) is 39.6 Å². The number of ether oxygens (including phenoxy) is 6. The van der Waals surface area contributed by atoms with Crippen LogP contribution in [0.4, 0.5) is 11.4 Å². The van der Waals surface area contributed by atoms with Gasteiger partial charge in [0.1, 0.15) is 45.2 Å². The zero-order valence-electron chi connectivity index (χ0n) is 42.0. The second-order valence-electron chi connectivity index (χ2n) is 16.9. The molecule has 9 rings (SSSR count). The Morgan fingerprint density at radius 2 is 0.667 bits per heavy atom. The van der Waals surface area contributed by atoms with Gasteiger partial charge in [-0.25, -0.2) is 0 Å². The van der Waals surface area contributed by atoms with Gasteiger partial charge in [-0.3, -0.25) is 34.6 Å². The zero-order valence-corrected chi connectivity index (χ0v) is 42.0. The molecule has 0 saturated heterocycles. The minimum Gasteiger partial charge on any atom is -0.485 e. The van der Waals surface area contributed by atoms with E-state index in [-0.39, 0.29) is 71.9 Å². The number of benzene rings is 9. The lowest BCUT2D eigenvalue weighted by atomic mass is 10.1. The van der Waals surface area contributed by atoms with Crippen LogP contribution in [0.25, 0.3) is 0 Å². The van der Waals surface area contributed by atoms with Crippen molar-refractivity contribution in [3.05, 3.63) is 295 Å². The molecule has 0 N–H and O–H groups in total. The first-order chi connectivity index (χ1) is 38.2. The summed E-state index contributed by atoms with van der Waals surface area (Å²) in [6.45, 7) is 1.62. The summed E-state index contributed by atoms with van der Waals surface area (Å²) in [5.41, 5.74) is 5.56. The fraction of sp³-hybridized carbons (Fsp3) is 0.0952. The Hall–Kier alpha value is -10.4. The van der Waals surface area contributed by atoms with Crippen LogP contribution in [0.3, 0.4) is 0 Å². The van der Waals surface area contributed by atoms with Crippen molar-refractivity contribution in [3.63, 3.8) is 0 Å². The lowest BCUT2D eigenvalue weighted by molar-refractivity contribution is -0.385. The van der Waals surface area contributed by atoms with Gasteiger partial charge in [0.15, 0.2) is 53.4 Å². The molecule has 9 aromatic rings. The summed E-state index contributed by atoms with van der Waals surface area (Å²) in [7, 11) is 0. The summed E-state index contributed by atoms with van der Waals surface area (Å²) in [6.07, 6.45) is 1.74. The highest BCUT2D eigenvalue weighted by Crippen LogP contribution is 2.39. The molecule has 0 spiro atoms. The monoisotopic (exact) mass is 1040 g/mol. The molecule has 0 atom stereocenters. The van der Waals surface area contributed by atoms with Gasteiger partial charge in [-0.15, -0.1) is 0 Å². The second kappa shape index (κ2) is 29.5. The van der Waals surface area contributed by atoms with E-state index in [4.69, 9.17) is 28.4 Å². The highest BCUT2D eigenvalue weighted by Gasteiger charge is 2.24. The first-order valence-electron chi connectivity index (χ1n) is 24.4. The zero-order chi connectivity index (χ0) is 54.7. The molecule has 78 heavy (non-hydrogen) atoms. The molecule has 0 aromatic heterocycles. The van der Waals surface area contributed by atoms with Crippen LogP contribution in [0.2, 0.25) is 0 Å². The molecule has 15 heteroatoms. The Kier molecular flexibility index (Phi) is 20.9. The summed E-state index contributed by atoms with van der Waals surface area (Å²) in [5.74, 6) is 1.75. The Bertz CT molecular complexity index is 3350. The Labute approximate surface area is 450 Å². The standard InChI is InChI=1S/2C21H17NO5.C21H18O3/c23-13-18-11-19(22(24)25)12-20(26-14-16-7-3-1-4-8-16)21(18)27-15-17-9-5-2-6-10-17;23-13-18-19(22(24)25)11-12-20(26-14-16-7-3-1-4-8-16)21(18)27-15-17-9-5-2-6-10-17;22-14-19-12-7-13-20(23-15-17-8-3-1-4-9-17)21(19)24-16-18-10-5-2-6-11-18/h2*1-13H,14-15H2;1-14H,15-16H2. The summed E-state index contributed by atoms with van der Waals surface area (Å²) >= 11 is 0. The first-order valence-corrected chi connectivity index (χ1v) is 24.4. The van der Waals surface area contributed by atoms with Crippen LogP contribution in [0, 0.1) is 20.2 Å². The van der Waals surface area contributed by atoms with Crippen molar-refractivity contribution in [2.75, 3.05) is 0 Å². The summed E-state index contributed by atoms with van der Waals surface area (Å²) in [4.78, 5) is 55.6. The average Bonchev–Trinajstić information content (AvgIpc) is 3.56. The summed E-state index contributed by atoms with van der Waals surface area (Å²) in [5, 5.41) is 22.4. The highest BCUT2D eigenvalue weighted by molar-refractivity contribution is 5.87. The van der Waals surface area contributed by atoms with Gasteiger partial charge in [-0.2, -0.15) is 0 Å². The molecule has 0 aliphatic rings. The number of carbonyl (C=O) groups is 3. The third-order valence-electron chi connectivity index (χ3n) is 11.4. The van der Waals surface area contributed by atoms with E-state index in [0.717, 1.165) is 39.7 Å². The lowest BCUT2D eigenvalue weighted by Gasteiger charge is -2.15. The number of nitro groups is 2. The van der Waals surface area contributed by atoms with Crippen molar-refractivity contribution in [1.82, 2.24) is 0 Å². The van der Waals surface area contributed by atoms with Gasteiger partial charge in [-0.05, 0) is 51.6 Å². The molecular weight excluding hydrogens is 993 g/mol. The van der Waals surface area contributed by atoms with Crippen LogP contribution < -0.4 is 28.4 Å². The first kappa shape index (κ1) is 55.3. The van der Waals surface area contributed by atoms with Crippen LogP contribution >= 0.6 is 0 Å². The maximum atomic E-state index is 11.6. The molecule has 0 unspecified atom stereocenters. The fourth-order valence-corrected chi connectivity index (χ4v) is 7.46. The quantitative estimate of drug-likeness (QED) is 0.0334. The van der Waals surface area contributed by atoms with Gasteiger partial charge in [0, 0.05) is 12.1 Å². The second-order valence-corrected chi connectivity index (χ2v) is 16.9. The number of hydrogen-bond donors (Lipinski definition) is 0. The van der Waals surface area contributed by atoms with E-state index in [1.165, 1.54) is 24.3 Å². The number of nitrogens with zero attached hydrogens (tertiary/aromatic N) is 2. The molecule has 0 aliphatic heterocycles. The van der Waals surface area contributed by atoms with Gasteiger partial charge < -0.3 is 28.4 Å². The predicted molar refractivity (Wildman–Crippen MR) is 293 cm³/mol. The van der Waals surface area contributed by atoms with Gasteiger partial charge in [0.25, 0.3) is 11.4 Å². The van der Waals surface area contributed by atoms with Gasteiger partial charge in [0.2, 0.25) is 0 Å². The molecule has 0 heterocycles. The molecule has 0 bridgehead atoms. The molecule has 0 saturated carbocycles. The highest BCUT2D eigenvalue weighted by atomic mass is 16.6. The Morgan fingerprint density at radius 3 is 1.03 bits per heavy atom. The normalized spacial score (nSPS) is 10.2.